The molecule has 4 heteroatoms. The fraction of sp³-hybridized carbons (Fsp3) is 0.533. The maximum Gasteiger partial charge on any atom is 0.253 e. The number of ether oxygens (including phenoxy) is 1. The number of carbonyl (C=O) groups is 1. The Labute approximate surface area is 122 Å². The Morgan fingerprint density at radius 3 is 2.95 bits per heavy atom. The van der Waals surface area contributed by atoms with Gasteiger partial charge < -0.3 is 9.64 Å². The molecule has 2 aliphatic rings. The van der Waals surface area contributed by atoms with Crippen LogP contribution in [0.3, 0.4) is 0 Å². The van der Waals surface area contributed by atoms with Crippen molar-refractivity contribution in [1.29, 1.82) is 0 Å². The lowest BCUT2D eigenvalue weighted by Crippen LogP contribution is -2.43. The largest absolute Gasteiger partial charge is 0.372 e. The number of piperidine rings is 1. The van der Waals surface area contributed by atoms with Crippen LogP contribution in [0.4, 0.5) is 0 Å². The van der Waals surface area contributed by atoms with Gasteiger partial charge >= 0.3 is 0 Å². The van der Waals surface area contributed by atoms with E-state index < -0.39 is 0 Å². The van der Waals surface area contributed by atoms with E-state index in [1.54, 1.807) is 0 Å². The second-order valence-electron chi connectivity index (χ2n) is 5.51. The molecule has 2 atom stereocenters. The van der Waals surface area contributed by atoms with Crippen molar-refractivity contribution in [2.75, 3.05) is 13.1 Å². The van der Waals surface area contributed by atoms with Gasteiger partial charge in [0.2, 0.25) is 0 Å². The molecular weight excluding hydrogens is 306 g/mol. The SMILES string of the molecule is CC1CCN(C(=O)c2ccc3c(c2)COC3)CC1Br. The summed E-state index contributed by atoms with van der Waals surface area (Å²) in [6, 6.07) is 5.94. The summed E-state index contributed by atoms with van der Waals surface area (Å²) in [5.41, 5.74) is 3.16. The zero-order valence-corrected chi connectivity index (χ0v) is 12.6. The van der Waals surface area contributed by atoms with Gasteiger partial charge in [0, 0.05) is 23.5 Å². The number of carbonyl (C=O) groups excluding carboxylic acids is 1. The summed E-state index contributed by atoms with van der Waals surface area (Å²) in [6.45, 7) is 5.19. The normalized spacial score (nSPS) is 26.3. The van der Waals surface area contributed by atoms with E-state index in [4.69, 9.17) is 4.74 Å². The Bertz CT molecular complexity index is 503. The van der Waals surface area contributed by atoms with Crippen molar-refractivity contribution < 1.29 is 9.53 Å². The average Bonchev–Trinajstić information content (AvgIpc) is 2.88. The van der Waals surface area contributed by atoms with Gasteiger partial charge in [-0.15, -0.1) is 0 Å². The molecule has 2 heterocycles. The first-order chi connectivity index (χ1) is 9.15. The Balaban J connectivity index is 1.77. The van der Waals surface area contributed by atoms with Crippen molar-refractivity contribution >= 4 is 21.8 Å². The van der Waals surface area contributed by atoms with Crippen LogP contribution < -0.4 is 0 Å². The quantitative estimate of drug-likeness (QED) is 0.744. The highest BCUT2D eigenvalue weighted by Crippen LogP contribution is 2.26. The predicted molar refractivity (Wildman–Crippen MR) is 77.3 cm³/mol. The highest BCUT2D eigenvalue weighted by Gasteiger charge is 2.28. The molecule has 102 valence electrons. The van der Waals surface area contributed by atoms with Crippen LogP contribution in [-0.2, 0) is 18.0 Å². The fourth-order valence-electron chi connectivity index (χ4n) is 2.69. The fourth-order valence-corrected chi connectivity index (χ4v) is 3.31. The molecule has 19 heavy (non-hydrogen) atoms. The van der Waals surface area contributed by atoms with Gasteiger partial charge in [-0.05, 0) is 35.6 Å². The predicted octanol–water partition coefficient (Wildman–Crippen LogP) is 2.96. The molecule has 0 bridgehead atoms. The van der Waals surface area contributed by atoms with Crippen LogP contribution >= 0.6 is 15.9 Å². The molecule has 2 aliphatic heterocycles. The molecule has 3 rings (SSSR count). The standard InChI is InChI=1S/C15H18BrNO2/c1-10-4-5-17(7-14(10)16)15(18)11-2-3-12-8-19-9-13(12)6-11/h2-3,6,10,14H,4-5,7-9H2,1H3. The Morgan fingerprint density at radius 2 is 2.16 bits per heavy atom. The molecule has 0 aromatic heterocycles. The summed E-state index contributed by atoms with van der Waals surface area (Å²) < 4.78 is 5.39. The minimum atomic E-state index is 0.144. The van der Waals surface area contributed by atoms with Crippen LogP contribution in [0.15, 0.2) is 18.2 Å². The molecule has 0 aliphatic carbocycles. The lowest BCUT2D eigenvalue weighted by atomic mass is 9.98. The lowest BCUT2D eigenvalue weighted by molar-refractivity contribution is 0.0706. The molecule has 0 N–H and O–H groups in total. The Morgan fingerprint density at radius 1 is 1.37 bits per heavy atom. The van der Waals surface area contributed by atoms with Gasteiger partial charge in [0.25, 0.3) is 5.91 Å². The summed E-state index contributed by atoms with van der Waals surface area (Å²) in [7, 11) is 0. The second-order valence-corrected chi connectivity index (χ2v) is 6.69. The van der Waals surface area contributed by atoms with Crippen LogP contribution in [0.25, 0.3) is 0 Å². The molecule has 1 amide bonds. The number of likely N-dealkylation sites (tertiary alicyclic amines) is 1. The second kappa shape index (κ2) is 5.25. The lowest BCUT2D eigenvalue weighted by Gasteiger charge is -2.34. The maximum absolute atomic E-state index is 12.5. The van der Waals surface area contributed by atoms with E-state index >= 15 is 0 Å². The summed E-state index contributed by atoms with van der Waals surface area (Å²) in [5.74, 6) is 0.781. The number of hydrogen-bond acceptors (Lipinski definition) is 2. The Kier molecular flexibility index (Phi) is 3.63. The smallest absolute Gasteiger partial charge is 0.253 e. The number of fused-ring (bicyclic) bond motifs is 1. The zero-order chi connectivity index (χ0) is 13.4. The van der Waals surface area contributed by atoms with Crippen LogP contribution in [0, 0.1) is 5.92 Å². The van der Waals surface area contributed by atoms with Crippen molar-refractivity contribution in [3.05, 3.63) is 34.9 Å². The molecule has 0 spiro atoms. The van der Waals surface area contributed by atoms with E-state index in [-0.39, 0.29) is 5.91 Å². The average molecular weight is 324 g/mol. The topological polar surface area (TPSA) is 29.5 Å². The summed E-state index contributed by atoms with van der Waals surface area (Å²) >= 11 is 3.67. The molecule has 3 nitrogen and oxygen atoms in total. The maximum atomic E-state index is 12.5. The first kappa shape index (κ1) is 13.1. The van der Waals surface area contributed by atoms with Crippen molar-refractivity contribution in [3.8, 4) is 0 Å². The number of benzene rings is 1. The number of rotatable bonds is 1. The zero-order valence-electron chi connectivity index (χ0n) is 11.1. The van der Waals surface area contributed by atoms with Crippen molar-refractivity contribution in [3.63, 3.8) is 0 Å². The van der Waals surface area contributed by atoms with Gasteiger partial charge in [-0.3, -0.25) is 4.79 Å². The van der Waals surface area contributed by atoms with E-state index in [1.807, 2.05) is 23.1 Å². The third-order valence-corrected chi connectivity index (χ3v) is 5.31. The third kappa shape index (κ3) is 2.56. The first-order valence-electron chi connectivity index (χ1n) is 6.78. The highest BCUT2D eigenvalue weighted by atomic mass is 79.9. The molecule has 0 radical (unpaired) electrons. The summed E-state index contributed by atoms with van der Waals surface area (Å²) in [4.78, 5) is 14.9. The van der Waals surface area contributed by atoms with Crippen LogP contribution in [0.2, 0.25) is 0 Å². The number of alkyl halides is 1. The van der Waals surface area contributed by atoms with Gasteiger partial charge in [-0.2, -0.15) is 0 Å². The van der Waals surface area contributed by atoms with Crippen molar-refractivity contribution in [2.45, 2.75) is 31.4 Å². The van der Waals surface area contributed by atoms with Gasteiger partial charge in [0.15, 0.2) is 0 Å². The highest BCUT2D eigenvalue weighted by molar-refractivity contribution is 9.09. The van der Waals surface area contributed by atoms with Gasteiger partial charge in [0.05, 0.1) is 13.2 Å². The van der Waals surface area contributed by atoms with Crippen molar-refractivity contribution in [2.24, 2.45) is 5.92 Å². The molecule has 0 saturated carbocycles. The number of nitrogens with zero attached hydrogens (tertiary/aromatic N) is 1. The number of halogens is 1. The van der Waals surface area contributed by atoms with Crippen LogP contribution in [0.5, 0.6) is 0 Å². The third-order valence-electron chi connectivity index (χ3n) is 4.12. The van der Waals surface area contributed by atoms with Crippen molar-refractivity contribution in [1.82, 2.24) is 4.90 Å². The van der Waals surface area contributed by atoms with Gasteiger partial charge in [-0.1, -0.05) is 28.9 Å². The monoisotopic (exact) mass is 323 g/mol. The van der Waals surface area contributed by atoms with Crippen LogP contribution in [0.1, 0.15) is 34.8 Å². The molecular formula is C15H18BrNO2. The van der Waals surface area contributed by atoms with Crippen LogP contribution in [-0.4, -0.2) is 28.7 Å². The molecule has 1 saturated heterocycles. The molecule has 1 aromatic carbocycles. The molecule has 2 unspecified atom stereocenters. The van der Waals surface area contributed by atoms with E-state index in [9.17, 15) is 4.79 Å². The van der Waals surface area contributed by atoms with E-state index in [0.717, 1.165) is 30.6 Å². The number of hydrogen-bond donors (Lipinski definition) is 0. The van der Waals surface area contributed by atoms with E-state index in [1.165, 1.54) is 5.56 Å². The minimum Gasteiger partial charge on any atom is -0.372 e. The van der Waals surface area contributed by atoms with Gasteiger partial charge in [0.1, 0.15) is 0 Å². The number of amides is 1. The summed E-state index contributed by atoms with van der Waals surface area (Å²) in [5, 5.41) is 0. The minimum absolute atomic E-state index is 0.144. The first-order valence-corrected chi connectivity index (χ1v) is 7.69. The molecule has 1 aromatic rings. The van der Waals surface area contributed by atoms with Gasteiger partial charge in [-0.25, -0.2) is 0 Å². The molecule has 1 fully saturated rings. The van der Waals surface area contributed by atoms with E-state index in [0.29, 0.717) is 24.0 Å². The van der Waals surface area contributed by atoms with E-state index in [2.05, 4.69) is 22.9 Å². The summed E-state index contributed by atoms with van der Waals surface area (Å²) in [6.07, 6.45) is 1.07. The Hall–Kier alpha value is -0.870.